The molecule has 2 amide bonds. The van der Waals surface area contributed by atoms with Crippen LogP contribution in [0.4, 0.5) is 4.79 Å². The van der Waals surface area contributed by atoms with E-state index < -0.39 is 0 Å². The molecule has 5 heteroatoms. The average molecular weight is 242 g/mol. The molecule has 0 aromatic heterocycles. The molecule has 0 aliphatic carbocycles. The van der Waals surface area contributed by atoms with Gasteiger partial charge in [0.1, 0.15) is 6.04 Å². The lowest BCUT2D eigenvalue weighted by molar-refractivity contribution is -0.125. The van der Waals surface area contributed by atoms with Crippen molar-refractivity contribution in [2.75, 3.05) is 19.7 Å². The fourth-order valence-corrected chi connectivity index (χ4v) is 1.87. The molecule has 5 nitrogen and oxygen atoms in total. The van der Waals surface area contributed by atoms with E-state index in [0.717, 1.165) is 12.8 Å². The van der Waals surface area contributed by atoms with Crippen molar-refractivity contribution in [1.29, 1.82) is 0 Å². The number of amides is 2. The molecule has 98 valence electrons. The normalized spacial score (nSPS) is 19.5. The van der Waals surface area contributed by atoms with Crippen molar-refractivity contribution >= 4 is 12.0 Å². The van der Waals surface area contributed by atoms with Gasteiger partial charge in [0.25, 0.3) is 0 Å². The van der Waals surface area contributed by atoms with Crippen LogP contribution in [0.15, 0.2) is 0 Å². The number of hydrogen-bond donors (Lipinski definition) is 1. The lowest BCUT2D eigenvalue weighted by Gasteiger charge is -2.23. The van der Waals surface area contributed by atoms with E-state index in [-0.39, 0.29) is 18.0 Å². The number of likely N-dealkylation sites (N-methyl/N-ethyl adjacent to an activating group) is 1. The van der Waals surface area contributed by atoms with Crippen LogP contribution in [0.3, 0.4) is 0 Å². The molecule has 0 bridgehead atoms. The van der Waals surface area contributed by atoms with E-state index in [1.807, 2.05) is 20.8 Å². The molecule has 1 aliphatic rings. The van der Waals surface area contributed by atoms with Gasteiger partial charge >= 0.3 is 6.09 Å². The van der Waals surface area contributed by atoms with Crippen molar-refractivity contribution in [1.82, 2.24) is 10.2 Å². The summed E-state index contributed by atoms with van der Waals surface area (Å²) in [5, 5.41) is 2.75. The highest BCUT2D eigenvalue weighted by Crippen LogP contribution is 2.18. The molecule has 1 unspecified atom stereocenters. The highest BCUT2D eigenvalue weighted by atomic mass is 16.6. The van der Waals surface area contributed by atoms with Gasteiger partial charge in [0.2, 0.25) is 5.91 Å². The van der Waals surface area contributed by atoms with Gasteiger partial charge in [-0.05, 0) is 25.7 Å². The summed E-state index contributed by atoms with van der Waals surface area (Å²) in [6.45, 7) is 7.44. The van der Waals surface area contributed by atoms with Gasteiger partial charge in [-0.15, -0.1) is 0 Å². The van der Waals surface area contributed by atoms with Crippen LogP contribution < -0.4 is 5.32 Å². The maximum Gasteiger partial charge on any atom is 0.410 e. The van der Waals surface area contributed by atoms with Gasteiger partial charge < -0.3 is 10.1 Å². The summed E-state index contributed by atoms with van der Waals surface area (Å²) in [4.78, 5) is 25.1. The molecule has 0 saturated carbocycles. The molecule has 1 saturated heterocycles. The fraction of sp³-hybridized carbons (Fsp3) is 0.833. The number of nitrogens with zero attached hydrogens (tertiary/aromatic N) is 1. The molecule has 1 rings (SSSR count). The molecule has 1 atom stereocenters. The first-order chi connectivity index (χ1) is 8.06. The Balaban J connectivity index is 2.50. The Hall–Kier alpha value is -1.26. The highest BCUT2D eigenvalue weighted by molar-refractivity contribution is 5.86. The van der Waals surface area contributed by atoms with Crippen LogP contribution in [0.1, 0.15) is 33.6 Å². The number of carbonyl (C=O) groups is 2. The Morgan fingerprint density at radius 1 is 1.47 bits per heavy atom. The quantitative estimate of drug-likeness (QED) is 0.810. The van der Waals surface area contributed by atoms with Gasteiger partial charge in [-0.2, -0.15) is 0 Å². The Morgan fingerprint density at radius 2 is 2.18 bits per heavy atom. The number of carbonyl (C=O) groups excluding carboxylic acids is 2. The predicted octanol–water partition coefficient (Wildman–Crippen LogP) is 1.38. The average Bonchev–Trinajstić information content (AvgIpc) is 2.75. The van der Waals surface area contributed by atoms with Crippen LogP contribution in [0.2, 0.25) is 0 Å². The van der Waals surface area contributed by atoms with Gasteiger partial charge in [-0.1, -0.05) is 13.8 Å². The summed E-state index contributed by atoms with van der Waals surface area (Å²) < 4.78 is 5.15. The summed E-state index contributed by atoms with van der Waals surface area (Å²) in [6, 6.07) is -0.352. The van der Waals surface area contributed by atoms with Crippen LogP contribution in [0.5, 0.6) is 0 Å². The zero-order chi connectivity index (χ0) is 12.8. The monoisotopic (exact) mass is 242 g/mol. The van der Waals surface area contributed by atoms with Gasteiger partial charge in [-0.3, -0.25) is 9.69 Å². The van der Waals surface area contributed by atoms with Crippen molar-refractivity contribution in [2.24, 2.45) is 5.92 Å². The van der Waals surface area contributed by atoms with Crippen LogP contribution in [-0.2, 0) is 9.53 Å². The molecule has 0 radical (unpaired) electrons. The molecule has 17 heavy (non-hydrogen) atoms. The Morgan fingerprint density at radius 3 is 2.76 bits per heavy atom. The first-order valence-electron chi connectivity index (χ1n) is 6.27. The van der Waals surface area contributed by atoms with E-state index in [2.05, 4.69) is 5.32 Å². The predicted molar refractivity (Wildman–Crippen MR) is 64.6 cm³/mol. The van der Waals surface area contributed by atoms with E-state index in [1.54, 1.807) is 0 Å². The topological polar surface area (TPSA) is 58.6 Å². The lowest BCUT2D eigenvalue weighted by Crippen LogP contribution is -2.46. The van der Waals surface area contributed by atoms with E-state index in [1.165, 1.54) is 4.90 Å². The highest BCUT2D eigenvalue weighted by Gasteiger charge is 2.34. The third-order valence-electron chi connectivity index (χ3n) is 2.68. The maximum absolute atomic E-state index is 11.8. The number of rotatable bonds is 4. The molecule has 0 spiro atoms. The van der Waals surface area contributed by atoms with Crippen molar-refractivity contribution in [3.8, 4) is 0 Å². The van der Waals surface area contributed by atoms with Gasteiger partial charge in [0.15, 0.2) is 0 Å². The largest absolute Gasteiger partial charge is 0.449 e. The lowest BCUT2D eigenvalue weighted by atomic mass is 10.2. The Labute approximate surface area is 102 Å². The number of ether oxygens (including phenoxy) is 1. The number of likely N-dealkylation sites (tertiary alicyclic amines) is 1. The maximum atomic E-state index is 11.8. The number of nitrogens with one attached hydrogen (secondary N) is 1. The molecule has 1 aliphatic heterocycles. The molecule has 1 N–H and O–H groups in total. The summed E-state index contributed by atoms with van der Waals surface area (Å²) in [6.07, 6.45) is 1.22. The van der Waals surface area contributed by atoms with Gasteiger partial charge in [-0.25, -0.2) is 4.79 Å². The Bertz CT molecular complexity index is 279. The molecule has 1 heterocycles. The smallest absolute Gasteiger partial charge is 0.410 e. The Kier molecular flexibility index (Phi) is 5.25. The van der Waals surface area contributed by atoms with Crippen LogP contribution >= 0.6 is 0 Å². The minimum atomic E-state index is -0.368. The summed E-state index contributed by atoms with van der Waals surface area (Å²) in [7, 11) is 0. The van der Waals surface area contributed by atoms with Crippen molar-refractivity contribution in [3.05, 3.63) is 0 Å². The van der Waals surface area contributed by atoms with Crippen LogP contribution in [0.25, 0.3) is 0 Å². The van der Waals surface area contributed by atoms with E-state index in [9.17, 15) is 9.59 Å². The zero-order valence-electron chi connectivity index (χ0n) is 10.9. The molecular weight excluding hydrogens is 220 g/mol. The minimum Gasteiger partial charge on any atom is -0.449 e. The van der Waals surface area contributed by atoms with E-state index in [0.29, 0.717) is 25.6 Å². The minimum absolute atomic E-state index is 0.0773. The fourth-order valence-electron chi connectivity index (χ4n) is 1.87. The van der Waals surface area contributed by atoms with E-state index >= 15 is 0 Å². The van der Waals surface area contributed by atoms with Crippen molar-refractivity contribution in [2.45, 2.75) is 39.7 Å². The molecule has 0 aromatic rings. The second kappa shape index (κ2) is 6.47. The summed E-state index contributed by atoms with van der Waals surface area (Å²) in [5.41, 5.74) is 0. The van der Waals surface area contributed by atoms with Crippen LogP contribution in [0, 0.1) is 5.92 Å². The second-order valence-electron chi connectivity index (χ2n) is 4.72. The number of hydrogen-bond acceptors (Lipinski definition) is 3. The first-order valence-corrected chi connectivity index (χ1v) is 6.27. The zero-order valence-corrected chi connectivity index (χ0v) is 10.9. The molecular formula is C12H22N2O3. The third kappa shape index (κ3) is 3.91. The summed E-state index contributed by atoms with van der Waals surface area (Å²) in [5.74, 6) is 0.232. The van der Waals surface area contributed by atoms with Gasteiger partial charge in [0.05, 0.1) is 6.61 Å². The standard InChI is InChI=1S/C12H22N2O3/c1-4-13-11(15)10-6-5-7-14(10)12(16)17-8-9(2)3/h9-10H,4-8H2,1-3H3,(H,13,15). The van der Waals surface area contributed by atoms with Crippen LogP contribution in [-0.4, -0.2) is 42.6 Å². The molecule has 1 fully saturated rings. The second-order valence-corrected chi connectivity index (χ2v) is 4.72. The first kappa shape index (κ1) is 13.8. The van der Waals surface area contributed by atoms with Crippen molar-refractivity contribution in [3.63, 3.8) is 0 Å². The molecule has 0 aromatic carbocycles. The van der Waals surface area contributed by atoms with E-state index in [4.69, 9.17) is 4.74 Å². The third-order valence-corrected chi connectivity index (χ3v) is 2.68. The van der Waals surface area contributed by atoms with Crippen molar-refractivity contribution < 1.29 is 14.3 Å². The van der Waals surface area contributed by atoms with Gasteiger partial charge in [0, 0.05) is 13.1 Å². The summed E-state index contributed by atoms with van der Waals surface area (Å²) >= 11 is 0. The SMILES string of the molecule is CCNC(=O)C1CCCN1C(=O)OCC(C)C.